The lowest BCUT2D eigenvalue weighted by Gasteiger charge is -2.19. The molecule has 14 heavy (non-hydrogen) atoms. The molecule has 0 heterocycles. The van der Waals surface area contributed by atoms with E-state index in [4.69, 9.17) is 10.8 Å². The van der Waals surface area contributed by atoms with E-state index in [1.807, 2.05) is 0 Å². The van der Waals surface area contributed by atoms with Crippen molar-refractivity contribution in [2.75, 3.05) is 0 Å². The molecule has 0 spiro atoms. The Hall–Kier alpha value is -1.88. The quantitative estimate of drug-likeness (QED) is 0.563. The molecule has 0 saturated carbocycles. The third kappa shape index (κ3) is 1.45. The number of rotatable bonds is 3. The fourth-order valence-electron chi connectivity index (χ4n) is 1.05. The number of carbonyl (C=O) groups excluding carboxylic acids is 1. The molecule has 4 N–H and O–H groups in total. The van der Waals surface area contributed by atoms with Crippen molar-refractivity contribution in [2.45, 2.75) is 5.60 Å². The number of carboxylic acid groups (broad SMARTS) is 1. The van der Waals surface area contributed by atoms with Crippen LogP contribution in [0.5, 0.6) is 0 Å². The molecule has 0 bridgehead atoms. The summed E-state index contributed by atoms with van der Waals surface area (Å²) in [5.74, 6) is -2.99. The van der Waals surface area contributed by atoms with Crippen LogP contribution in [0.4, 0.5) is 0 Å². The van der Waals surface area contributed by atoms with Gasteiger partial charge in [-0.3, -0.25) is 4.79 Å². The van der Waals surface area contributed by atoms with E-state index in [9.17, 15) is 14.7 Å². The van der Waals surface area contributed by atoms with E-state index < -0.39 is 17.5 Å². The molecule has 0 aliphatic heterocycles. The molecule has 1 unspecified atom stereocenters. The Labute approximate surface area is 79.8 Å². The Morgan fingerprint density at radius 1 is 1.21 bits per heavy atom. The lowest BCUT2D eigenvalue weighted by molar-refractivity contribution is -0.166. The SMILES string of the molecule is NC(=O)C(O)(C(=O)O)c1ccccc1. The summed E-state index contributed by atoms with van der Waals surface area (Å²) in [5.41, 5.74) is 2.13. The number of aliphatic hydroxyl groups is 1. The third-order valence-electron chi connectivity index (χ3n) is 1.86. The zero-order valence-corrected chi connectivity index (χ0v) is 7.18. The highest BCUT2D eigenvalue weighted by molar-refractivity contribution is 6.05. The zero-order chi connectivity index (χ0) is 10.8. The summed E-state index contributed by atoms with van der Waals surface area (Å²) < 4.78 is 0. The summed E-state index contributed by atoms with van der Waals surface area (Å²) in [7, 11) is 0. The van der Waals surface area contributed by atoms with E-state index in [0.717, 1.165) is 0 Å². The monoisotopic (exact) mass is 195 g/mol. The van der Waals surface area contributed by atoms with E-state index in [-0.39, 0.29) is 5.56 Å². The van der Waals surface area contributed by atoms with Gasteiger partial charge in [0.05, 0.1) is 0 Å². The lowest BCUT2D eigenvalue weighted by Crippen LogP contribution is -2.47. The van der Waals surface area contributed by atoms with Gasteiger partial charge in [0.15, 0.2) is 0 Å². The lowest BCUT2D eigenvalue weighted by atomic mass is 9.93. The van der Waals surface area contributed by atoms with Crippen molar-refractivity contribution in [3.8, 4) is 0 Å². The van der Waals surface area contributed by atoms with Crippen LogP contribution in [0.25, 0.3) is 0 Å². The number of benzene rings is 1. The number of nitrogens with two attached hydrogens (primary N) is 1. The molecule has 74 valence electrons. The highest BCUT2D eigenvalue weighted by atomic mass is 16.4. The average molecular weight is 195 g/mol. The van der Waals surface area contributed by atoms with Crippen LogP contribution in [-0.2, 0) is 15.2 Å². The molecule has 1 rings (SSSR count). The molecule has 1 aromatic rings. The molecule has 0 fully saturated rings. The first kappa shape index (κ1) is 10.2. The van der Waals surface area contributed by atoms with Crippen LogP contribution < -0.4 is 5.73 Å². The van der Waals surface area contributed by atoms with Crippen LogP contribution >= 0.6 is 0 Å². The van der Waals surface area contributed by atoms with Gasteiger partial charge in [0.25, 0.3) is 11.5 Å². The van der Waals surface area contributed by atoms with E-state index in [1.165, 1.54) is 24.3 Å². The predicted molar refractivity (Wildman–Crippen MR) is 47.2 cm³/mol. The average Bonchev–Trinajstić information content (AvgIpc) is 2.17. The highest BCUT2D eigenvalue weighted by Gasteiger charge is 2.44. The topological polar surface area (TPSA) is 101 Å². The fourth-order valence-corrected chi connectivity index (χ4v) is 1.05. The molecular weight excluding hydrogens is 186 g/mol. The molecule has 0 aromatic heterocycles. The maximum absolute atomic E-state index is 10.9. The van der Waals surface area contributed by atoms with Gasteiger partial charge >= 0.3 is 5.97 Å². The normalized spacial score (nSPS) is 14.4. The Balaban J connectivity index is 3.27. The van der Waals surface area contributed by atoms with E-state index in [1.54, 1.807) is 6.07 Å². The molecule has 0 aliphatic rings. The van der Waals surface area contributed by atoms with E-state index >= 15 is 0 Å². The largest absolute Gasteiger partial charge is 0.478 e. The van der Waals surface area contributed by atoms with Crippen LogP contribution in [-0.4, -0.2) is 22.1 Å². The summed E-state index contributed by atoms with van der Waals surface area (Å²) in [6, 6.07) is 7.28. The molecule has 1 amide bonds. The van der Waals surface area contributed by atoms with Gasteiger partial charge in [0.2, 0.25) is 0 Å². The summed E-state index contributed by atoms with van der Waals surface area (Å²) in [6.45, 7) is 0. The Bertz CT molecular complexity index is 346. The first-order chi connectivity index (χ1) is 6.49. The van der Waals surface area contributed by atoms with Crippen molar-refractivity contribution in [3.63, 3.8) is 0 Å². The van der Waals surface area contributed by atoms with Gasteiger partial charge in [-0.25, -0.2) is 4.79 Å². The summed E-state index contributed by atoms with van der Waals surface area (Å²) in [6.07, 6.45) is 0. The van der Waals surface area contributed by atoms with Crippen molar-refractivity contribution in [2.24, 2.45) is 5.73 Å². The van der Waals surface area contributed by atoms with Crippen molar-refractivity contribution < 1.29 is 19.8 Å². The third-order valence-corrected chi connectivity index (χ3v) is 1.86. The second-order valence-electron chi connectivity index (χ2n) is 2.75. The van der Waals surface area contributed by atoms with Gasteiger partial charge in [-0.05, 0) is 0 Å². The molecule has 0 aliphatic carbocycles. The van der Waals surface area contributed by atoms with E-state index in [0.29, 0.717) is 0 Å². The number of primary amides is 1. The van der Waals surface area contributed by atoms with Gasteiger partial charge in [0, 0.05) is 5.56 Å². The Morgan fingerprint density at radius 2 is 1.71 bits per heavy atom. The van der Waals surface area contributed by atoms with Gasteiger partial charge in [-0.2, -0.15) is 0 Å². The Morgan fingerprint density at radius 3 is 2.07 bits per heavy atom. The van der Waals surface area contributed by atoms with Crippen molar-refractivity contribution in [1.82, 2.24) is 0 Å². The molecule has 1 atom stereocenters. The van der Waals surface area contributed by atoms with Crippen LogP contribution in [0.1, 0.15) is 5.56 Å². The predicted octanol–water partition coefficient (Wildman–Crippen LogP) is -0.556. The summed E-state index contributed by atoms with van der Waals surface area (Å²) in [4.78, 5) is 21.6. The maximum Gasteiger partial charge on any atom is 0.350 e. The standard InChI is InChI=1S/C9H9NO4/c10-7(11)9(14,8(12)13)6-4-2-1-3-5-6/h1-5,14H,(H2,10,11)(H,12,13). The van der Waals surface area contributed by atoms with Gasteiger partial charge in [-0.15, -0.1) is 0 Å². The summed E-state index contributed by atoms with van der Waals surface area (Å²) in [5, 5.41) is 18.3. The van der Waals surface area contributed by atoms with Crippen molar-refractivity contribution in [3.05, 3.63) is 35.9 Å². The van der Waals surface area contributed by atoms with Gasteiger partial charge in [0.1, 0.15) is 0 Å². The number of hydrogen-bond acceptors (Lipinski definition) is 3. The highest BCUT2D eigenvalue weighted by Crippen LogP contribution is 2.20. The smallest absolute Gasteiger partial charge is 0.350 e. The second kappa shape index (κ2) is 3.47. The zero-order valence-electron chi connectivity index (χ0n) is 7.18. The van der Waals surface area contributed by atoms with Crippen LogP contribution in [0.15, 0.2) is 30.3 Å². The molecule has 1 aromatic carbocycles. The first-order valence-electron chi connectivity index (χ1n) is 3.80. The minimum absolute atomic E-state index is 0.0556. The van der Waals surface area contributed by atoms with Gasteiger partial charge in [-0.1, -0.05) is 30.3 Å². The minimum Gasteiger partial charge on any atom is -0.478 e. The summed E-state index contributed by atoms with van der Waals surface area (Å²) >= 11 is 0. The van der Waals surface area contributed by atoms with Gasteiger partial charge < -0.3 is 15.9 Å². The Kier molecular flexibility index (Phi) is 2.53. The minimum atomic E-state index is -2.65. The molecule has 5 heteroatoms. The number of aliphatic carboxylic acids is 1. The first-order valence-corrected chi connectivity index (χ1v) is 3.80. The number of carbonyl (C=O) groups is 2. The van der Waals surface area contributed by atoms with Crippen LogP contribution in [0, 0.1) is 0 Å². The van der Waals surface area contributed by atoms with Crippen molar-refractivity contribution in [1.29, 1.82) is 0 Å². The van der Waals surface area contributed by atoms with Crippen LogP contribution in [0.2, 0.25) is 0 Å². The number of hydrogen-bond donors (Lipinski definition) is 3. The molecule has 5 nitrogen and oxygen atoms in total. The van der Waals surface area contributed by atoms with Crippen LogP contribution in [0.3, 0.4) is 0 Å². The van der Waals surface area contributed by atoms with Crippen molar-refractivity contribution >= 4 is 11.9 Å². The number of amides is 1. The number of carboxylic acids is 1. The maximum atomic E-state index is 10.9. The fraction of sp³-hybridized carbons (Fsp3) is 0.111. The molecule has 0 saturated heterocycles. The molecule has 0 radical (unpaired) electrons. The van der Waals surface area contributed by atoms with E-state index in [2.05, 4.69) is 0 Å². The second-order valence-corrected chi connectivity index (χ2v) is 2.75. The molecular formula is C9H9NO4.